The summed E-state index contributed by atoms with van der Waals surface area (Å²) in [6.45, 7) is 9.09. The van der Waals surface area contributed by atoms with Crippen LogP contribution in [0.3, 0.4) is 0 Å². The largest absolute Gasteiger partial charge is 0.488 e. The third kappa shape index (κ3) is 6.00. The number of hydrogen-bond acceptors (Lipinski definition) is 5. The van der Waals surface area contributed by atoms with E-state index in [1.54, 1.807) is 19.1 Å². The van der Waals surface area contributed by atoms with Crippen molar-refractivity contribution in [2.24, 2.45) is 0 Å². The first-order chi connectivity index (χ1) is 17.6. The summed E-state index contributed by atoms with van der Waals surface area (Å²) in [6, 6.07) is 14.2. The number of nitrogens with one attached hydrogen (secondary N) is 1. The third-order valence-corrected chi connectivity index (χ3v) is 6.08. The van der Waals surface area contributed by atoms with Crippen molar-refractivity contribution in [3.63, 3.8) is 0 Å². The van der Waals surface area contributed by atoms with Crippen molar-refractivity contribution in [3.8, 4) is 16.9 Å². The van der Waals surface area contributed by atoms with E-state index in [0.717, 1.165) is 56.5 Å². The van der Waals surface area contributed by atoms with Crippen molar-refractivity contribution in [1.82, 2.24) is 14.9 Å². The van der Waals surface area contributed by atoms with E-state index in [4.69, 9.17) is 26.1 Å². The van der Waals surface area contributed by atoms with Gasteiger partial charge in [0, 0.05) is 36.7 Å². The topological polar surface area (TPSA) is 76.7 Å². The molecule has 1 amide bonds. The number of methoxy groups -OCH3 is 1. The maximum absolute atomic E-state index is 12.7. The van der Waals surface area contributed by atoms with Gasteiger partial charge >= 0.3 is 6.09 Å². The fourth-order valence-corrected chi connectivity index (χ4v) is 4.59. The molecule has 196 valence electrons. The Morgan fingerprint density at radius 1 is 1.14 bits per heavy atom. The van der Waals surface area contributed by atoms with E-state index in [-0.39, 0.29) is 6.09 Å². The molecule has 0 radical (unpaired) electrons. The number of hydrogen-bond donors (Lipinski definition) is 1. The number of carbonyl (C=O) groups is 1. The molecule has 0 bridgehead atoms. The molecule has 0 unspecified atom stereocenters. The average molecular weight is 524 g/mol. The molecule has 5 rings (SSSR count). The number of benzene rings is 3. The van der Waals surface area contributed by atoms with Crippen LogP contribution in [0.15, 0.2) is 42.5 Å². The van der Waals surface area contributed by atoms with Crippen molar-refractivity contribution >= 4 is 39.5 Å². The lowest BCUT2D eigenvalue weighted by atomic mass is 9.94. The van der Waals surface area contributed by atoms with E-state index < -0.39 is 5.60 Å². The highest BCUT2D eigenvalue weighted by Crippen LogP contribution is 2.42. The molecular weight excluding hydrogens is 490 g/mol. The lowest BCUT2D eigenvalue weighted by molar-refractivity contribution is 0.0229. The minimum Gasteiger partial charge on any atom is -0.488 e. The predicted molar refractivity (Wildman–Crippen MR) is 148 cm³/mol. The van der Waals surface area contributed by atoms with Gasteiger partial charge in [0.25, 0.3) is 0 Å². The Bertz CT molecular complexity index is 1420. The molecule has 0 aliphatic carbocycles. The Balaban J connectivity index is 0.00000102. The van der Waals surface area contributed by atoms with Crippen LogP contribution < -0.4 is 4.74 Å². The van der Waals surface area contributed by atoms with Crippen molar-refractivity contribution in [1.29, 1.82) is 0 Å². The van der Waals surface area contributed by atoms with E-state index in [2.05, 4.69) is 34.0 Å². The summed E-state index contributed by atoms with van der Waals surface area (Å²) in [5.41, 5.74) is 4.52. The monoisotopic (exact) mass is 523 g/mol. The predicted octanol–water partition coefficient (Wildman–Crippen LogP) is 7.34. The molecule has 2 heterocycles. The Kier molecular flexibility index (Phi) is 7.95. The van der Waals surface area contributed by atoms with E-state index in [1.165, 1.54) is 0 Å². The molecule has 3 aromatic carbocycles. The van der Waals surface area contributed by atoms with Gasteiger partial charge in [-0.15, -0.1) is 0 Å². The van der Waals surface area contributed by atoms with Gasteiger partial charge in [-0.05, 0) is 74.0 Å². The molecule has 0 spiro atoms. The number of halogens is 1. The van der Waals surface area contributed by atoms with Crippen LogP contribution in [-0.4, -0.2) is 47.3 Å². The molecule has 4 aromatic rings. The van der Waals surface area contributed by atoms with Crippen LogP contribution in [-0.2, 0) is 22.6 Å². The standard InChI is InChI=1S/C27H28ClN3O3.C2H6O/c1-5-10-31(26(32)34-27(2,3)4)14-24-29-22-9-6-16-12-21-19-8-7-18(28)11-17(19)15-33-23(21)13-20(16)25(22)30-24;1-3-2/h6-9,11-13H,5,10,14-15H2,1-4H3,(H,29,30);1-2H3. The molecule has 8 heteroatoms. The van der Waals surface area contributed by atoms with Crippen molar-refractivity contribution < 1.29 is 19.0 Å². The summed E-state index contributed by atoms with van der Waals surface area (Å²) < 4.78 is 15.9. The summed E-state index contributed by atoms with van der Waals surface area (Å²) >= 11 is 6.17. The lowest BCUT2D eigenvalue weighted by Crippen LogP contribution is -2.37. The van der Waals surface area contributed by atoms with Gasteiger partial charge in [0.05, 0.1) is 17.6 Å². The van der Waals surface area contributed by atoms with Gasteiger partial charge in [-0.2, -0.15) is 0 Å². The molecular formula is C29H34ClN3O4. The summed E-state index contributed by atoms with van der Waals surface area (Å²) in [5.74, 6) is 1.56. The first kappa shape index (κ1) is 26.8. The number of nitrogens with zero attached hydrogens (tertiary/aromatic N) is 2. The van der Waals surface area contributed by atoms with Crippen LogP contribution in [0, 0.1) is 0 Å². The Labute approximate surface area is 222 Å². The molecule has 37 heavy (non-hydrogen) atoms. The number of aromatic nitrogens is 2. The van der Waals surface area contributed by atoms with Crippen molar-refractivity contribution in [2.75, 3.05) is 20.8 Å². The third-order valence-electron chi connectivity index (χ3n) is 5.84. The molecule has 0 fully saturated rings. The number of H-pyrrole nitrogens is 1. The summed E-state index contributed by atoms with van der Waals surface area (Å²) in [6.07, 6.45) is 0.499. The molecule has 0 saturated carbocycles. The molecule has 1 aliphatic rings. The van der Waals surface area contributed by atoms with Gasteiger partial charge < -0.3 is 24.1 Å². The first-order valence-electron chi connectivity index (χ1n) is 12.4. The zero-order valence-corrected chi connectivity index (χ0v) is 23.0. The van der Waals surface area contributed by atoms with Gasteiger partial charge in [-0.3, -0.25) is 0 Å². The normalized spacial score (nSPS) is 12.3. The summed E-state index contributed by atoms with van der Waals surface area (Å²) in [5, 5.41) is 2.80. The second-order valence-corrected chi connectivity index (χ2v) is 10.6. The first-order valence-corrected chi connectivity index (χ1v) is 12.8. The summed E-state index contributed by atoms with van der Waals surface area (Å²) in [7, 11) is 3.25. The lowest BCUT2D eigenvalue weighted by Gasteiger charge is -2.26. The van der Waals surface area contributed by atoms with Crippen LogP contribution in [0.4, 0.5) is 4.79 Å². The average Bonchev–Trinajstić information content (AvgIpc) is 3.25. The van der Waals surface area contributed by atoms with E-state index in [0.29, 0.717) is 24.7 Å². The zero-order valence-electron chi connectivity index (χ0n) is 22.3. The minimum absolute atomic E-state index is 0.332. The number of amides is 1. The van der Waals surface area contributed by atoms with Crippen molar-refractivity contribution in [2.45, 2.75) is 52.9 Å². The number of ether oxygens (including phenoxy) is 3. The minimum atomic E-state index is -0.545. The molecule has 7 nitrogen and oxygen atoms in total. The Hall–Kier alpha value is -3.29. The van der Waals surface area contributed by atoms with Gasteiger partial charge in [0.2, 0.25) is 0 Å². The van der Waals surface area contributed by atoms with E-state index >= 15 is 0 Å². The molecule has 0 atom stereocenters. The second-order valence-electron chi connectivity index (χ2n) is 10.1. The summed E-state index contributed by atoms with van der Waals surface area (Å²) in [4.78, 5) is 22.6. The molecule has 1 aliphatic heterocycles. The quantitative estimate of drug-likeness (QED) is 0.303. The molecule has 1 aromatic heterocycles. The highest BCUT2D eigenvalue weighted by molar-refractivity contribution is 6.30. The highest BCUT2D eigenvalue weighted by atomic mass is 35.5. The van der Waals surface area contributed by atoms with Crippen molar-refractivity contribution in [3.05, 3.63) is 58.9 Å². The number of aromatic amines is 1. The fourth-order valence-electron chi connectivity index (χ4n) is 4.39. The van der Waals surface area contributed by atoms with E-state index in [1.807, 2.05) is 45.9 Å². The second kappa shape index (κ2) is 11.0. The van der Waals surface area contributed by atoms with Crippen LogP contribution in [0.25, 0.3) is 32.9 Å². The maximum atomic E-state index is 12.7. The Morgan fingerprint density at radius 2 is 1.89 bits per heavy atom. The van der Waals surface area contributed by atoms with Crippen LogP contribution >= 0.6 is 11.6 Å². The molecule has 0 saturated heterocycles. The SMILES string of the molecule is CCCN(Cc1nc2c(ccc3cc4c(cc32)OCc2cc(Cl)ccc2-4)[nH]1)C(=O)OC(C)(C)C.COC. The smallest absolute Gasteiger partial charge is 0.410 e. The van der Waals surface area contributed by atoms with Crippen LogP contribution in [0.2, 0.25) is 5.02 Å². The van der Waals surface area contributed by atoms with Gasteiger partial charge in [-0.1, -0.05) is 30.7 Å². The maximum Gasteiger partial charge on any atom is 0.410 e. The fraction of sp³-hybridized carbons (Fsp3) is 0.379. The van der Waals surface area contributed by atoms with Crippen LogP contribution in [0.5, 0.6) is 5.75 Å². The van der Waals surface area contributed by atoms with Gasteiger partial charge in [0.15, 0.2) is 0 Å². The number of imidazole rings is 1. The van der Waals surface area contributed by atoms with E-state index in [9.17, 15) is 4.79 Å². The number of fused-ring (bicyclic) bond motifs is 6. The zero-order chi connectivity index (χ0) is 26.7. The van der Waals surface area contributed by atoms with Crippen LogP contribution in [0.1, 0.15) is 45.5 Å². The number of carbonyl (C=O) groups excluding carboxylic acids is 1. The Morgan fingerprint density at radius 3 is 2.59 bits per heavy atom. The van der Waals surface area contributed by atoms with Gasteiger partial charge in [-0.25, -0.2) is 9.78 Å². The molecule has 1 N–H and O–H groups in total. The van der Waals surface area contributed by atoms with Gasteiger partial charge in [0.1, 0.15) is 23.8 Å². The highest BCUT2D eigenvalue weighted by Gasteiger charge is 2.24. The number of rotatable bonds is 4.